The Kier molecular flexibility index (Phi) is 3.97. The summed E-state index contributed by atoms with van der Waals surface area (Å²) in [5.41, 5.74) is 0.995. The van der Waals surface area contributed by atoms with Gasteiger partial charge in [0.1, 0.15) is 5.82 Å². The largest absolute Gasteiger partial charge is 0.416 e. The van der Waals surface area contributed by atoms with Crippen LogP contribution in [0.4, 0.5) is 23.2 Å². The van der Waals surface area contributed by atoms with Crippen LogP contribution in [0.3, 0.4) is 0 Å². The summed E-state index contributed by atoms with van der Waals surface area (Å²) in [4.78, 5) is 0. The van der Waals surface area contributed by atoms with E-state index in [1.54, 1.807) is 25.1 Å². The van der Waals surface area contributed by atoms with Crippen molar-refractivity contribution in [3.05, 3.63) is 65.0 Å². The van der Waals surface area contributed by atoms with Crippen LogP contribution >= 0.6 is 0 Å². The van der Waals surface area contributed by atoms with Crippen molar-refractivity contribution < 1.29 is 17.6 Å². The zero-order chi connectivity index (χ0) is 14.8. The molecule has 0 fully saturated rings. The highest BCUT2D eigenvalue weighted by atomic mass is 19.4. The first-order chi connectivity index (χ1) is 9.36. The van der Waals surface area contributed by atoms with Gasteiger partial charge in [-0.15, -0.1) is 0 Å². The Bertz CT molecular complexity index is 605. The van der Waals surface area contributed by atoms with Crippen LogP contribution in [0.1, 0.15) is 16.7 Å². The number of hydrogen-bond donors (Lipinski definition) is 1. The molecule has 0 saturated carbocycles. The number of halogens is 4. The monoisotopic (exact) mass is 283 g/mol. The van der Waals surface area contributed by atoms with Gasteiger partial charge >= 0.3 is 6.18 Å². The maximum atomic E-state index is 13.1. The fourth-order valence-electron chi connectivity index (χ4n) is 1.82. The summed E-state index contributed by atoms with van der Waals surface area (Å²) >= 11 is 0. The average Bonchev–Trinajstić information content (AvgIpc) is 2.39. The lowest BCUT2D eigenvalue weighted by molar-refractivity contribution is -0.137. The fraction of sp³-hybridized carbons (Fsp3) is 0.200. The normalized spacial score (nSPS) is 11.4. The zero-order valence-corrected chi connectivity index (χ0v) is 10.8. The first-order valence-corrected chi connectivity index (χ1v) is 6.02. The SMILES string of the molecule is Cc1cc(NCc2cccc(C(F)(F)F)c2)ccc1F. The van der Waals surface area contributed by atoms with Gasteiger partial charge < -0.3 is 5.32 Å². The molecule has 0 aliphatic carbocycles. The second kappa shape index (κ2) is 5.53. The van der Waals surface area contributed by atoms with E-state index in [0.29, 0.717) is 16.8 Å². The minimum Gasteiger partial charge on any atom is -0.381 e. The maximum absolute atomic E-state index is 13.1. The lowest BCUT2D eigenvalue weighted by Gasteiger charge is -2.11. The number of aryl methyl sites for hydroxylation is 1. The smallest absolute Gasteiger partial charge is 0.381 e. The number of rotatable bonds is 3. The van der Waals surface area contributed by atoms with Crippen LogP contribution in [-0.2, 0) is 12.7 Å². The summed E-state index contributed by atoms with van der Waals surface area (Å²) in [7, 11) is 0. The minimum atomic E-state index is -4.34. The molecule has 0 saturated heterocycles. The van der Waals surface area contributed by atoms with Gasteiger partial charge in [0.25, 0.3) is 0 Å². The fourth-order valence-corrected chi connectivity index (χ4v) is 1.82. The van der Waals surface area contributed by atoms with Crippen LogP contribution in [0.15, 0.2) is 42.5 Å². The van der Waals surface area contributed by atoms with Gasteiger partial charge in [0, 0.05) is 12.2 Å². The third-order valence-corrected chi connectivity index (χ3v) is 2.91. The quantitative estimate of drug-likeness (QED) is 0.800. The summed E-state index contributed by atoms with van der Waals surface area (Å²) < 4.78 is 50.8. The van der Waals surface area contributed by atoms with E-state index in [2.05, 4.69) is 5.32 Å². The highest BCUT2D eigenvalue weighted by Crippen LogP contribution is 2.29. The van der Waals surface area contributed by atoms with Crippen LogP contribution in [0.5, 0.6) is 0 Å². The van der Waals surface area contributed by atoms with Gasteiger partial charge in [0.15, 0.2) is 0 Å². The second-order valence-electron chi connectivity index (χ2n) is 4.52. The molecular formula is C15H13F4N. The Labute approximate surface area is 114 Å². The van der Waals surface area contributed by atoms with Crippen molar-refractivity contribution in [1.29, 1.82) is 0 Å². The van der Waals surface area contributed by atoms with Gasteiger partial charge in [-0.2, -0.15) is 13.2 Å². The number of hydrogen-bond acceptors (Lipinski definition) is 1. The molecule has 0 amide bonds. The molecule has 0 atom stereocenters. The molecule has 0 aliphatic rings. The lowest BCUT2D eigenvalue weighted by atomic mass is 10.1. The molecule has 5 heteroatoms. The van der Waals surface area contributed by atoms with Crippen LogP contribution in [-0.4, -0.2) is 0 Å². The first-order valence-electron chi connectivity index (χ1n) is 6.02. The van der Waals surface area contributed by atoms with E-state index >= 15 is 0 Å². The Balaban J connectivity index is 2.09. The Morgan fingerprint density at radius 2 is 1.80 bits per heavy atom. The van der Waals surface area contributed by atoms with Gasteiger partial charge in [-0.3, -0.25) is 0 Å². The van der Waals surface area contributed by atoms with E-state index in [0.717, 1.165) is 12.1 Å². The van der Waals surface area contributed by atoms with Gasteiger partial charge in [0.2, 0.25) is 0 Å². The van der Waals surface area contributed by atoms with Crippen molar-refractivity contribution in [2.45, 2.75) is 19.6 Å². The third kappa shape index (κ3) is 3.50. The van der Waals surface area contributed by atoms with Crippen LogP contribution in [0.2, 0.25) is 0 Å². The van der Waals surface area contributed by atoms with Crippen molar-refractivity contribution in [3.8, 4) is 0 Å². The van der Waals surface area contributed by atoms with Crippen molar-refractivity contribution in [2.75, 3.05) is 5.32 Å². The van der Waals surface area contributed by atoms with Gasteiger partial charge in [-0.1, -0.05) is 12.1 Å². The number of anilines is 1. The first kappa shape index (κ1) is 14.4. The number of benzene rings is 2. The summed E-state index contributed by atoms with van der Waals surface area (Å²) in [6, 6.07) is 9.60. The van der Waals surface area contributed by atoms with Crippen molar-refractivity contribution in [3.63, 3.8) is 0 Å². The molecule has 2 rings (SSSR count). The molecule has 0 bridgehead atoms. The van der Waals surface area contributed by atoms with E-state index in [1.807, 2.05) is 0 Å². The van der Waals surface area contributed by atoms with Crippen LogP contribution < -0.4 is 5.32 Å². The molecule has 0 unspecified atom stereocenters. The van der Waals surface area contributed by atoms with E-state index in [4.69, 9.17) is 0 Å². The standard InChI is InChI=1S/C15H13F4N/c1-10-7-13(5-6-14(10)16)20-9-11-3-2-4-12(8-11)15(17,18)19/h2-8,20H,9H2,1H3. The highest BCUT2D eigenvalue weighted by molar-refractivity contribution is 5.46. The molecule has 2 aromatic carbocycles. The Hall–Kier alpha value is -2.04. The van der Waals surface area contributed by atoms with Gasteiger partial charge in [-0.25, -0.2) is 4.39 Å². The molecule has 0 radical (unpaired) electrons. The molecule has 0 aliphatic heterocycles. The predicted octanol–water partition coefficient (Wildman–Crippen LogP) is 4.77. The Morgan fingerprint density at radius 1 is 1.05 bits per heavy atom. The zero-order valence-electron chi connectivity index (χ0n) is 10.8. The summed E-state index contributed by atoms with van der Waals surface area (Å²) in [6.45, 7) is 1.87. The summed E-state index contributed by atoms with van der Waals surface area (Å²) in [5.74, 6) is -0.311. The molecule has 0 spiro atoms. The van der Waals surface area contributed by atoms with Gasteiger partial charge in [-0.05, 0) is 48.4 Å². The number of nitrogens with one attached hydrogen (secondary N) is 1. The molecule has 0 aromatic heterocycles. The lowest BCUT2D eigenvalue weighted by Crippen LogP contribution is -2.07. The van der Waals surface area contributed by atoms with E-state index in [-0.39, 0.29) is 12.4 Å². The highest BCUT2D eigenvalue weighted by Gasteiger charge is 2.30. The second-order valence-corrected chi connectivity index (χ2v) is 4.52. The summed E-state index contributed by atoms with van der Waals surface area (Å²) in [6.07, 6.45) is -4.34. The average molecular weight is 283 g/mol. The summed E-state index contributed by atoms with van der Waals surface area (Å²) in [5, 5.41) is 2.97. The van der Waals surface area contributed by atoms with Crippen LogP contribution in [0, 0.1) is 12.7 Å². The van der Waals surface area contributed by atoms with E-state index < -0.39 is 11.7 Å². The number of alkyl halides is 3. The van der Waals surface area contributed by atoms with E-state index in [9.17, 15) is 17.6 Å². The van der Waals surface area contributed by atoms with Crippen molar-refractivity contribution in [2.24, 2.45) is 0 Å². The molecule has 1 N–H and O–H groups in total. The van der Waals surface area contributed by atoms with Gasteiger partial charge in [0.05, 0.1) is 5.56 Å². The maximum Gasteiger partial charge on any atom is 0.416 e. The molecule has 0 heterocycles. The third-order valence-electron chi connectivity index (χ3n) is 2.91. The minimum absolute atomic E-state index is 0.245. The molecule has 106 valence electrons. The predicted molar refractivity (Wildman–Crippen MR) is 69.9 cm³/mol. The Morgan fingerprint density at radius 3 is 2.45 bits per heavy atom. The van der Waals surface area contributed by atoms with Crippen molar-refractivity contribution >= 4 is 5.69 Å². The van der Waals surface area contributed by atoms with E-state index in [1.165, 1.54) is 12.1 Å². The molecular weight excluding hydrogens is 270 g/mol. The molecule has 20 heavy (non-hydrogen) atoms. The topological polar surface area (TPSA) is 12.0 Å². The molecule has 1 nitrogen and oxygen atoms in total. The van der Waals surface area contributed by atoms with Crippen LogP contribution in [0.25, 0.3) is 0 Å². The van der Waals surface area contributed by atoms with Crippen molar-refractivity contribution in [1.82, 2.24) is 0 Å². The molecule has 2 aromatic rings.